The second-order valence-corrected chi connectivity index (χ2v) is 11.3. The molecule has 6 nitrogen and oxygen atoms in total. The van der Waals surface area contributed by atoms with Crippen LogP contribution in [0.1, 0.15) is 57.7 Å². The van der Waals surface area contributed by atoms with Crippen LogP contribution in [0.25, 0.3) is 0 Å². The molecule has 0 aromatic heterocycles. The average Bonchev–Trinajstić information content (AvgIpc) is 2.71. The van der Waals surface area contributed by atoms with Crippen molar-refractivity contribution in [3.63, 3.8) is 0 Å². The Kier molecular flexibility index (Phi) is 11.2. The summed E-state index contributed by atoms with van der Waals surface area (Å²) in [7, 11) is -8.84. The minimum Gasteiger partial charge on any atom is -0.264 e. The zero-order chi connectivity index (χ0) is 28.8. The van der Waals surface area contributed by atoms with Crippen LogP contribution in [0.3, 0.4) is 0 Å². The first-order valence-corrected chi connectivity index (χ1v) is 13.8. The maximum atomic E-state index is 13.0. The van der Waals surface area contributed by atoms with Gasteiger partial charge in [0, 0.05) is 0 Å². The van der Waals surface area contributed by atoms with Gasteiger partial charge in [-0.15, -0.1) is 0 Å². The molecule has 0 aliphatic heterocycles. The molecule has 2 aromatic rings. The molecular weight excluding hydrogens is 550 g/mol. The van der Waals surface area contributed by atoms with Gasteiger partial charge in [0.15, 0.2) is 0 Å². The molecular formula is C23H28F6O6S2. The van der Waals surface area contributed by atoms with Gasteiger partial charge >= 0.3 is 12.4 Å². The minimum absolute atomic E-state index is 0.128. The van der Waals surface area contributed by atoms with Crippen LogP contribution >= 0.6 is 0 Å². The summed E-state index contributed by atoms with van der Waals surface area (Å²) >= 11 is 0. The van der Waals surface area contributed by atoms with Gasteiger partial charge in [-0.2, -0.15) is 43.2 Å². The minimum atomic E-state index is -4.74. The molecule has 0 bridgehead atoms. The summed E-state index contributed by atoms with van der Waals surface area (Å²) in [5, 5.41) is 0. The Morgan fingerprint density at radius 1 is 0.703 bits per heavy atom. The molecule has 0 unspecified atom stereocenters. The number of hydrogen-bond donors (Lipinski definition) is 0. The first-order chi connectivity index (χ1) is 16.7. The predicted molar refractivity (Wildman–Crippen MR) is 124 cm³/mol. The first-order valence-electron chi connectivity index (χ1n) is 11.0. The number of aryl methyl sites for hydroxylation is 1. The number of halogens is 6. The van der Waals surface area contributed by atoms with E-state index in [-0.39, 0.29) is 12.0 Å². The molecule has 0 radical (unpaired) electrons. The fourth-order valence-electron chi connectivity index (χ4n) is 3.09. The predicted octanol–water partition coefficient (Wildman–Crippen LogP) is 6.59. The molecule has 0 aliphatic carbocycles. The lowest BCUT2D eigenvalue weighted by Gasteiger charge is -2.17. The molecule has 0 spiro atoms. The van der Waals surface area contributed by atoms with E-state index in [4.69, 9.17) is 4.18 Å². The summed E-state index contributed by atoms with van der Waals surface area (Å²) in [6.45, 7) is 7.52. The lowest BCUT2D eigenvalue weighted by Crippen LogP contribution is -2.20. The van der Waals surface area contributed by atoms with Crippen LogP contribution in [0.4, 0.5) is 26.3 Å². The Labute approximate surface area is 212 Å². The van der Waals surface area contributed by atoms with Gasteiger partial charge in [-0.25, -0.2) is 0 Å². The number of benzene rings is 2. The third kappa shape index (κ3) is 9.58. The topological polar surface area (TPSA) is 86.7 Å². The number of alkyl halides is 6. The summed E-state index contributed by atoms with van der Waals surface area (Å²) in [4.78, 5) is -1.62. The molecule has 14 heteroatoms. The standard InChI is InChI=1S/C13H17F3O3S.C10H11F3O3S/c1-4-6-10-7-5-8-11(13(14,15)16)12(10)20(17,18)19-9(2)3;1-7(2)16-17(14,15)9-6-4-3-5-8(9)10(11,12)13/h5,7-9H,4,6H2,1-3H3;3-7H,1-2H3. The van der Waals surface area contributed by atoms with E-state index in [1.54, 1.807) is 6.92 Å². The fraction of sp³-hybridized carbons (Fsp3) is 0.478. The lowest BCUT2D eigenvalue weighted by atomic mass is 10.1. The molecule has 0 N–H and O–H groups in total. The monoisotopic (exact) mass is 578 g/mol. The molecule has 0 aliphatic rings. The highest BCUT2D eigenvalue weighted by Crippen LogP contribution is 2.37. The zero-order valence-corrected chi connectivity index (χ0v) is 22.3. The summed E-state index contributed by atoms with van der Waals surface area (Å²) in [6, 6.07) is 7.27. The van der Waals surface area contributed by atoms with Crippen LogP contribution in [0.15, 0.2) is 52.3 Å². The van der Waals surface area contributed by atoms with Crippen LogP contribution in [0, 0.1) is 0 Å². The Morgan fingerprint density at radius 3 is 1.62 bits per heavy atom. The van der Waals surface area contributed by atoms with Crippen molar-refractivity contribution < 1.29 is 51.5 Å². The molecule has 2 aromatic carbocycles. The van der Waals surface area contributed by atoms with Crippen molar-refractivity contribution in [3.8, 4) is 0 Å². The maximum Gasteiger partial charge on any atom is 0.417 e. The normalized spacial score (nSPS) is 13.0. The Hall–Kier alpha value is -2.16. The molecule has 0 atom stereocenters. The SMILES string of the molecule is CC(C)OS(=O)(=O)c1ccccc1C(F)(F)F.CCCc1cccc(C(F)(F)F)c1S(=O)(=O)OC(C)C. The van der Waals surface area contributed by atoms with E-state index in [1.165, 1.54) is 45.9 Å². The molecule has 2 rings (SSSR count). The van der Waals surface area contributed by atoms with Crippen molar-refractivity contribution in [2.45, 2.75) is 81.8 Å². The Balaban J connectivity index is 0.000000375. The first kappa shape index (κ1) is 32.9. The molecule has 0 heterocycles. The summed E-state index contributed by atoms with van der Waals surface area (Å²) in [5.74, 6) is 0. The van der Waals surface area contributed by atoms with Crippen molar-refractivity contribution in [3.05, 3.63) is 59.2 Å². The van der Waals surface area contributed by atoms with Gasteiger partial charge < -0.3 is 0 Å². The second kappa shape index (κ2) is 12.6. The largest absolute Gasteiger partial charge is 0.417 e. The number of hydrogen-bond acceptors (Lipinski definition) is 6. The third-order valence-electron chi connectivity index (χ3n) is 4.27. The fourth-order valence-corrected chi connectivity index (χ4v) is 5.95. The van der Waals surface area contributed by atoms with E-state index in [9.17, 15) is 43.2 Å². The Morgan fingerprint density at radius 2 is 1.16 bits per heavy atom. The maximum absolute atomic E-state index is 13.0. The van der Waals surface area contributed by atoms with Crippen LogP contribution in [0.2, 0.25) is 0 Å². The van der Waals surface area contributed by atoms with Crippen LogP contribution < -0.4 is 0 Å². The van der Waals surface area contributed by atoms with E-state index < -0.39 is 65.7 Å². The van der Waals surface area contributed by atoms with Gasteiger partial charge in [0.2, 0.25) is 0 Å². The lowest BCUT2D eigenvalue weighted by molar-refractivity contribution is -0.140. The van der Waals surface area contributed by atoms with Gasteiger partial charge in [0.1, 0.15) is 9.79 Å². The van der Waals surface area contributed by atoms with Gasteiger partial charge in [0.25, 0.3) is 20.2 Å². The quantitative estimate of drug-likeness (QED) is 0.260. The van der Waals surface area contributed by atoms with Crippen molar-refractivity contribution in [1.29, 1.82) is 0 Å². The summed E-state index contributed by atoms with van der Waals surface area (Å²) in [6.07, 6.45) is -10.2. The zero-order valence-electron chi connectivity index (χ0n) is 20.6. The molecule has 0 saturated carbocycles. The average molecular weight is 579 g/mol. The number of rotatable bonds is 8. The van der Waals surface area contributed by atoms with Crippen molar-refractivity contribution in [2.24, 2.45) is 0 Å². The van der Waals surface area contributed by atoms with Crippen LogP contribution in [-0.2, 0) is 47.4 Å². The third-order valence-corrected chi connectivity index (χ3v) is 7.42. The van der Waals surface area contributed by atoms with Crippen molar-refractivity contribution >= 4 is 20.2 Å². The summed E-state index contributed by atoms with van der Waals surface area (Å²) < 4.78 is 133. The molecule has 0 amide bonds. The van der Waals surface area contributed by atoms with Crippen LogP contribution in [-0.4, -0.2) is 29.0 Å². The van der Waals surface area contributed by atoms with Crippen LogP contribution in [0.5, 0.6) is 0 Å². The second-order valence-electron chi connectivity index (χ2n) is 8.23. The summed E-state index contributed by atoms with van der Waals surface area (Å²) in [5.41, 5.74) is -2.27. The molecule has 0 fully saturated rings. The van der Waals surface area contributed by atoms with Gasteiger partial charge in [-0.3, -0.25) is 8.37 Å². The van der Waals surface area contributed by atoms with E-state index in [0.29, 0.717) is 12.5 Å². The highest BCUT2D eigenvalue weighted by atomic mass is 32.2. The smallest absolute Gasteiger partial charge is 0.264 e. The highest BCUT2D eigenvalue weighted by Gasteiger charge is 2.39. The van der Waals surface area contributed by atoms with Crippen molar-refractivity contribution in [1.82, 2.24) is 0 Å². The highest BCUT2D eigenvalue weighted by molar-refractivity contribution is 7.87. The van der Waals surface area contributed by atoms with Crippen molar-refractivity contribution in [2.75, 3.05) is 0 Å². The van der Waals surface area contributed by atoms with E-state index in [0.717, 1.165) is 18.2 Å². The molecule has 37 heavy (non-hydrogen) atoms. The molecule has 210 valence electrons. The van der Waals surface area contributed by atoms with Gasteiger partial charge in [-0.1, -0.05) is 37.6 Å². The van der Waals surface area contributed by atoms with Gasteiger partial charge in [0.05, 0.1) is 23.3 Å². The van der Waals surface area contributed by atoms with E-state index in [1.807, 2.05) is 0 Å². The van der Waals surface area contributed by atoms with E-state index in [2.05, 4.69) is 4.18 Å². The van der Waals surface area contributed by atoms with E-state index >= 15 is 0 Å². The Bertz CT molecular complexity index is 1250. The molecule has 0 saturated heterocycles. The van der Waals surface area contributed by atoms with Gasteiger partial charge in [-0.05, 0) is 57.9 Å².